The lowest BCUT2D eigenvalue weighted by Crippen LogP contribution is -2.19. The second-order valence-corrected chi connectivity index (χ2v) is 4.41. The van der Waals surface area contributed by atoms with Crippen LogP contribution in [-0.2, 0) is 7.05 Å². The standard InChI is InChI=1S/C13H19N5O/c1-4-7-14-10(2)11-5-6-12(15-8-11)19-13-16-9-18(3)17-13/h5-6,8-10,14H,4,7H2,1-3H3. The van der Waals surface area contributed by atoms with Gasteiger partial charge in [-0.15, -0.1) is 5.10 Å². The summed E-state index contributed by atoms with van der Waals surface area (Å²) in [6.07, 6.45) is 4.51. The highest BCUT2D eigenvalue weighted by atomic mass is 16.5. The quantitative estimate of drug-likeness (QED) is 0.862. The van der Waals surface area contributed by atoms with Gasteiger partial charge in [0, 0.05) is 25.4 Å². The van der Waals surface area contributed by atoms with Gasteiger partial charge in [-0.1, -0.05) is 13.0 Å². The van der Waals surface area contributed by atoms with E-state index in [1.165, 1.54) is 0 Å². The van der Waals surface area contributed by atoms with Crippen molar-refractivity contribution in [1.82, 2.24) is 25.1 Å². The molecule has 1 atom stereocenters. The Morgan fingerprint density at radius 2 is 2.21 bits per heavy atom. The molecule has 2 aromatic heterocycles. The number of aromatic nitrogens is 4. The zero-order valence-electron chi connectivity index (χ0n) is 11.5. The van der Waals surface area contributed by atoms with E-state index >= 15 is 0 Å². The summed E-state index contributed by atoms with van der Waals surface area (Å²) in [6.45, 7) is 5.26. The van der Waals surface area contributed by atoms with Crippen molar-refractivity contribution in [1.29, 1.82) is 0 Å². The summed E-state index contributed by atoms with van der Waals surface area (Å²) in [6, 6.07) is 4.42. The molecule has 0 amide bonds. The van der Waals surface area contributed by atoms with Gasteiger partial charge in [0.05, 0.1) is 0 Å². The molecular weight excluding hydrogens is 242 g/mol. The Labute approximate surface area is 112 Å². The number of aryl methyl sites for hydroxylation is 1. The minimum atomic E-state index is 0.287. The van der Waals surface area contributed by atoms with Crippen LogP contribution in [0, 0.1) is 0 Å². The third kappa shape index (κ3) is 3.75. The number of hydrogen-bond donors (Lipinski definition) is 1. The van der Waals surface area contributed by atoms with Crippen molar-refractivity contribution in [3.05, 3.63) is 30.2 Å². The van der Waals surface area contributed by atoms with Crippen molar-refractivity contribution < 1.29 is 4.74 Å². The third-order valence-corrected chi connectivity index (χ3v) is 2.73. The van der Waals surface area contributed by atoms with Gasteiger partial charge >= 0.3 is 6.01 Å². The molecule has 2 rings (SSSR count). The van der Waals surface area contributed by atoms with E-state index in [0.717, 1.165) is 18.5 Å². The Morgan fingerprint density at radius 1 is 1.37 bits per heavy atom. The molecule has 0 saturated carbocycles. The number of hydrogen-bond acceptors (Lipinski definition) is 5. The maximum atomic E-state index is 5.44. The Hall–Kier alpha value is -1.95. The van der Waals surface area contributed by atoms with Crippen molar-refractivity contribution in [2.75, 3.05) is 6.54 Å². The molecule has 0 radical (unpaired) electrons. The highest BCUT2D eigenvalue weighted by Crippen LogP contribution is 2.17. The summed E-state index contributed by atoms with van der Waals surface area (Å²) in [5.41, 5.74) is 1.13. The van der Waals surface area contributed by atoms with Crippen LogP contribution in [0.3, 0.4) is 0 Å². The van der Waals surface area contributed by atoms with E-state index in [0.29, 0.717) is 11.9 Å². The van der Waals surface area contributed by atoms with Crippen molar-refractivity contribution in [2.45, 2.75) is 26.3 Å². The molecule has 0 saturated heterocycles. The summed E-state index contributed by atoms with van der Waals surface area (Å²) in [7, 11) is 1.79. The molecule has 0 spiro atoms. The Morgan fingerprint density at radius 3 is 2.79 bits per heavy atom. The van der Waals surface area contributed by atoms with Crippen LogP contribution in [0.15, 0.2) is 24.7 Å². The Kier molecular flexibility index (Phi) is 4.46. The fraction of sp³-hybridized carbons (Fsp3) is 0.462. The molecule has 2 heterocycles. The van der Waals surface area contributed by atoms with Crippen LogP contribution in [0.25, 0.3) is 0 Å². The van der Waals surface area contributed by atoms with Gasteiger partial charge < -0.3 is 10.1 Å². The van der Waals surface area contributed by atoms with Crippen LogP contribution in [-0.4, -0.2) is 26.3 Å². The number of nitrogens with one attached hydrogen (secondary N) is 1. The van der Waals surface area contributed by atoms with Gasteiger partial charge in [-0.05, 0) is 25.5 Å². The van der Waals surface area contributed by atoms with Crippen molar-refractivity contribution in [3.8, 4) is 11.9 Å². The average molecular weight is 261 g/mol. The van der Waals surface area contributed by atoms with Crippen LogP contribution in [0.2, 0.25) is 0 Å². The molecule has 0 bridgehead atoms. The normalized spacial score (nSPS) is 12.4. The molecule has 1 unspecified atom stereocenters. The largest absolute Gasteiger partial charge is 0.404 e. The molecule has 0 aromatic carbocycles. The lowest BCUT2D eigenvalue weighted by atomic mass is 10.1. The van der Waals surface area contributed by atoms with E-state index in [2.05, 4.69) is 34.2 Å². The highest BCUT2D eigenvalue weighted by Gasteiger charge is 2.07. The first kappa shape index (κ1) is 13.5. The van der Waals surface area contributed by atoms with E-state index in [4.69, 9.17) is 4.74 Å². The number of pyridine rings is 1. The molecular formula is C13H19N5O. The van der Waals surface area contributed by atoms with Crippen LogP contribution in [0.4, 0.5) is 0 Å². The molecule has 1 N–H and O–H groups in total. The third-order valence-electron chi connectivity index (χ3n) is 2.73. The zero-order chi connectivity index (χ0) is 13.7. The van der Waals surface area contributed by atoms with Crippen LogP contribution >= 0.6 is 0 Å². The van der Waals surface area contributed by atoms with Gasteiger partial charge in [-0.2, -0.15) is 4.98 Å². The first-order valence-corrected chi connectivity index (χ1v) is 6.42. The first-order chi connectivity index (χ1) is 9.19. The minimum Gasteiger partial charge on any atom is -0.404 e. The second kappa shape index (κ2) is 6.29. The topological polar surface area (TPSA) is 64.9 Å². The van der Waals surface area contributed by atoms with Crippen LogP contribution in [0.5, 0.6) is 11.9 Å². The minimum absolute atomic E-state index is 0.287. The predicted molar refractivity (Wildman–Crippen MR) is 72.0 cm³/mol. The SMILES string of the molecule is CCCNC(C)c1ccc(Oc2ncn(C)n2)nc1. The average Bonchev–Trinajstić information content (AvgIpc) is 2.82. The summed E-state index contributed by atoms with van der Waals surface area (Å²) in [5.74, 6) is 0.498. The highest BCUT2D eigenvalue weighted by molar-refractivity contribution is 5.22. The Balaban J connectivity index is 1.98. The molecule has 2 aromatic rings. The summed E-state index contributed by atoms with van der Waals surface area (Å²) in [5, 5.41) is 7.45. The first-order valence-electron chi connectivity index (χ1n) is 6.42. The number of nitrogens with zero attached hydrogens (tertiary/aromatic N) is 4. The van der Waals surface area contributed by atoms with E-state index in [9.17, 15) is 0 Å². The van der Waals surface area contributed by atoms with Gasteiger partial charge in [0.2, 0.25) is 5.88 Å². The summed E-state index contributed by atoms with van der Waals surface area (Å²) in [4.78, 5) is 8.25. The van der Waals surface area contributed by atoms with Gasteiger partial charge in [0.25, 0.3) is 0 Å². The molecule has 0 aliphatic carbocycles. The van der Waals surface area contributed by atoms with E-state index in [-0.39, 0.29) is 6.04 Å². The van der Waals surface area contributed by atoms with Crippen molar-refractivity contribution in [3.63, 3.8) is 0 Å². The summed E-state index contributed by atoms with van der Waals surface area (Å²) < 4.78 is 7.02. The molecule has 0 aliphatic heterocycles. The Bertz CT molecular complexity index is 508. The number of ether oxygens (including phenoxy) is 1. The lowest BCUT2D eigenvalue weighted by molar-refractivity contribution is 0.421. The number of rotatable bonds is 6. The maximum absolute atomic E-state index is 5.44. The lowest BCUT2D eigenvalue weighted by Gasteiger charge is -2.13. The smallest absolute Gasteiger partial charge is 0.342 e. The molecule has 6 nitrogen and oxygen atoms in total. The molecule has 0 aliphatic rings. The van der Waals surface area contributed by atoms with E-state index in [1.54, 1.807) is 18.1 Å². The maximum Gasteiger partial charge on any atom is 0.342 e. The predicted octanol–water partition coefficient (Wildman–Crippen LogP) is 2.06. The van der Waals surface area contributed by atoms with Crippen LogP contribution < -0.4 is 10.1 Å². The molecule has 102 valence electrons. The van der Waals surface area contributed by atoms with E-state index in [1.807, 2.05) is 18.3 Å². The zero-order valence-corrected chi connectivity index (χ0v) is 11.5. The van der Waals surface area contributed by atoms with E-state index < -0.39 is 0 Å². The summed E-state index contributed by atoms with van der Waals surface area (Å²) >= 11 is 0. The monoisotopic (exact) mass is 261 g/mol. The van der Waals surface area contributed by atoms with Crippen LogP contribution in [0.1, 0.15) is 31.9 Å². The van der Waals surface area contributed by atoms with Crippen molar-refractivity contribution >= 4 is 0 Å². The second-order valence-electron chi connectivity index (χ2n) is 4.41. The molecule has 0 fully saturated rings. The fourth-order valence-electron chi connectivity index (χ4n) is 1.65. The van der Waals surface area contributed by atoms with Crippen molar-refractivity contribution in [2.24, 2.45) is 7.05 Å². The van der Waals surface area contributed by atoms with Gasteiger partial charge in [0.15, 0.2) is 0 Å². The fourth-order valence-corrected chi connectivity index (χ4v) is 1.65. The van der Waals surface area contributed by atoms with Gasteiger partial charge in [0.1, 0.15) is 6.33 Å². The molecule has 19 heavy (non-hydrogen) atoms. The van der Waals surface area contributed by atoms with Gasteiger partial charge in [-0.25, -0.2) is 4.98 Å². The molecule has 6 heteroatoms. The van der Waals surface area contributed by atoms with Gasteiger partial charge in [-0.3, -0.25) is 4.68 Å².